The summed E-state index contributed by atoms with van der Waals surface area (Å²) >= 11 is 0. The fourth-order valence-electron chi connectivity index (χ4n) is 2.00. The minimum atomic E-state index is 0.783. The first-order valence-corrected chi connectivity index (χ1v) is 6.22. The maximum Gasteiger partial charge on any atom is 0.0606 e. The zero-order chi connectivity index (χ0) is 13.0. The van der Waals surface area contributed by atoms with Crippen LogP contribution in [0.5, 0.6) is 0 Å². The van der Waals surface area contributed by atoms with Gasteiger partial charge in [-0.3, -0.25) is 4.98 Å². The summed E-state index contributed by atoms with van der Waals surface area (Å²) in [5.41, 5.74) is 10.3. The summed E-state index contributed by atoms with van der Waals surface area (Å²) in [7, 11) is 0. The van der Waals surface area contributed by atoms with Crippen molar-refractivity contribution < 1.29 is 0 Å². The molecule has 1 aromatic heterocycles. The standard InChI is InChI=1S/C15H19N3/c1-3-18(11-13-8-4-5-10-17-13)14-9-6-7-12(2)15(14)16/h4-10H,3,11,16H2,1-2H3. The summed E-state index contributed by atoms with van der Waals surface area (Å²) < 4.78 is 0. The van der Waals surface area contributed by atoms with Gasteiger partial charge in [0.15, 0.2) is 0 Å². The molecular formula is C15H19N3. The highest BCUT2D eigenvalue weighted by molar-refractivity contribution is 5.70. The molecule has 0 aliphatic heterocycles. The SMILES string of the molecule is CCN(Cc1ccccn1)c1cccc(C)c1N. The number of aromatic nitrogens is 1. The first kappa shape index (κ1) is 12.4. The molecule has 1 aromatic carbocycles. The summed E-state index contributed by atoms with van der Waals surface area (Å²) in [4.78, 5) is 6.60. The van der Waals surface area contributed by atoms with Crippen LogP contribution in [0.15, 0.2) is 42.6 Å². The van der Waals surface area contributed by atoms with Crippen LogP contribution in [0, 0.1) is 6.92 Å². The van der Waals surface area contributed by atoms with Gasteiger partial charge in [-0.25, -0.2) is 0 Å². The van der Waals surface area contributed by atoms with Crippen LogP contribution in [0.3, 0.4) is 0 Å². The van der Waals surface area contributed by atoms with Crippen LogP contribution in [0.2, 0.25) is 0 Å². The van der Waals surface area contributed by atoms with Gasteiger partial charge in [0.25, 0.3) is 0 Å². The second-order valence-electron chi connectivity index (χ2n) is 4.34. The lowest BCUT2D eigenvalue weighted by atomic mass is 10.1. The molecule has 0 aliphatic carbocycles. The zero-order valence-electron chi connectivity index (χ0n) is 10.9. The quantitative estimate of drug-likeness (QED) is 0.837. The minimum Gasteiger partial charge on any atom is -0.397 e. The van der Waals surface area contributed by atoms with E-state index >= 15 is 0 Å². The van der Waals surface area contributed by atoms with Gasteiger partial charge in [-0.15, -0.1) is 0 Å². The van der Waals surface area contributed by atoms with Gasteiger partial charge in [-0.1, -0.05) is 18.2 Å². The molecule has 1 heterocycles. The van der Waals surface area contributed by atoms with E-state index in [9.17, 15) is 0 Å². The fourth-order valence-corrected chi connectivity index (χ4v) is 2.00. The third-order valence-corrected chi connectivity index (χ3v) is 3.10. The van der Waals surface area contributed by atoms with Gasteiger partial charge in [0.05, 0.1) is 23.6 Å². The normalized spacial score (nSPS) is 10.3. The van der Waals surface area contributed by atoms with Crippen molar-refractivity contribution in [1.82, 2.24) is 4.98 Å². The predicted molar refractivity (Wildman–Crippen MR) is 76.6 cm³/mol. The third kappa shape index (κ3) is 2.62. The molecule has 0 atom stereocenters. The minimum absolute atomic E-state index is 0.783. The Hall–Kier alpha value is -2.03. The van der Waals surface area contributed by atoms with E-state index in [1.54, 1.807) is 0 Å². The maximum absolute atomic E-state index is 6.15. The lowest BCUT2D eigenvalue weighted by Crippen LogP contribution is -2.23. The number of hydrogen-bond donors (Lipinski definition) is 1. The summed E-state index contributed by atoms with van der Waals surface area (Å²) in [5.74, 6) is 0. The van der Waals surface area contributed by atoms with Crippen LogP contribution in [0.4, 0.5) is 11.4 Å². The van der Waals surface area contributed by atoms with Gasteiger partial charge < -0.3 is 10.6 Å². The molecule has 0 bridgehead atoms. The zero-order valence-corrected chi connectivity index (χ0v) is 10.9. The Kier molecular flexibility index (Phi) is 3.82. The number of nitrogen functional groups attached to an aromatic ring is 1. The Morgan fingerprint density at radius 2 is 2.00 bits per heavy atom. The van der Waals surface area contributed by atoms with E-state index in [-0.39, 0.29) is 0 Å². The highest BCUT2D eigenvalue weighted by Gasteiger charge is 2.10. The van der Waals surface area contributed by atoms with Crippen molar-refractivity contribution in [3.63, 3.8) is 0 Å². The Bertz CT molecular complexity index is 508. The van der Waals surface area contributed by atoms with Crippen molar-refractivity contribution in [2.24, 2.45) is 0 Å². The highest BCUT2D eigenvalue weighted by atomic mass is 15.1. The van der Waals surface area contributed by atoms with E-state index in [0.717, 1.165) is 35.7 Å². The fraction of sp³-hybridized carbons (Fsp3) is 0.267. The van der Waals surface area contributed by atoms with Crippen LogP contribution >= 0.6 is 0 Å². The summed E-state index contributed by atoms with van der Waals surface area (Å²) in [6.07, 6.45) is 1.82. The number of hydrogen-bond acceptors (Lipinski definition) is 3. The van der Waals surface area contributed by atoms with E-state index in [2.05, 4.69) is 22.9 Å². The van der Waals surface area contributed by atoms with E-state index in [4.69, 9.17) is 5.73 Å². The summed E-state index contributed by atoms with van der Waals surface area (Å²) in [6, 6.07) is 12.1. The van der Waals surface area contributed by atoms with Crippen LogP contribution in [-0.4, -0.2) is 11.5 Å². The Morgan fingerprint density at radius 1 is 1.17 bits per heavy atom. The third-order valence-electron chi connectivity index (χ3n) is 3.10. The Labute approximate surface area is 108 Å². The van der Waals surface area contributed by atoms with Gasteiger partial charge in [-0.2, -0.15) is 0 Å². The number of nitrogens with two attached hydrogens (primary N) is 1. The van der Waals surface area contributed by atoms with Crippen molar-refractivity contribution >= 4 is 11.4 Å². The molecule has 18 heavy (non-hydrogen) atoms. The van der Waals surface area contributed by atoms with Gasteiger partial charge in [0.2, 0.25) is 0 Å². The lowest BCUT2D eigenvalue weighted by Gasteiger charge is -2.25. The van der Waals surface area contributed by atoms with Crippen molar-refractivity contribution in [3.05, 3.63) is 53.9 Å². The molecule has 0 saturated heterocycles. The van der Waals surface area contributed by atoms with Gasteiger partial charge in [0.1, 0.15) is 0 Å². The summed E-state index contributed by atoms with van der Waals surface area (Å²) in [5, 5.41) is 0. The molecule has 0 fully saturated rings. The first-order valence-electron chi connectivity index (χ1n) is 6.22. The van der Waals surface area contributed by atoms with E-state index in [0.29, 0.717) is 0 Å². The van der Waals surface area contributed by atoms with Crippen molar-refractivity contribution in [1.29, 1.82) is 0 Å². The lowest BCUT2D eigenvalue weighted by molar-refractivity contribution is 0.810. The van der Waals surface area contributed by atoms with Crippen molar-refractivity contribution in [2.75, 3.05) is 17.2 Å². The van der Waals surface area contributed by atoms with E-state index < -0.39 is 0 Å². The molecule has 0 spiro atoms. The number of benzene rings is 1. The number of nitrogens with zero attached hydrogens (tertiary/aromatic N) is 2. The average molecular weight is 241 g/mol. The van der Waals surface area contributed by atoms with Gasteiger partial charge in [-0.05, 0) is 37.6 Å². The molecule has 0 amide bonds. The smallest absolute Gasteiger partial charge is 0.0606 e. The predicted octanol–water partition coefficient (Wildman–Crippen LogP) is 3.00. The Balaban J connectivity index is 2.26. The molecule has 0 radical (unpaired) electrons. The van der Waals surface area contributed by atoms with E-state index in [1.165, 1.54) is 0 Å². The Morgan fingerprint density at radius 3 is 2.67 bits per heavy atom. The second kappa shape index (κ2) is 5.54. The van der Waals surface area contributed by atoms with Crippen molar-refractivity contribution in [2.45, 2.75) is 20.4 Å². The van der Waals surface area contributed by atoms with Crippen LogP contribution < -0.4 is 10.6 Å². The van der Waals surface area contributed by atoms with Gasteiger partial charge >= 0.3 is 0 Å². The average Bonchev–Trinajstić information content (AvgIpc) is 2.41. The first-order chi connectivity index (χ1) is 8.72. The molecule has 3 heteroatoms. The second-order valence-corrected chi connectivity index (χ2v) is 4.34. The summed E-state index contributed by atoms with van der Waals surface area (Å²) in [6.45, 7) is 5.85. The topological polar surface area (TPSA) is 42.2 Å². The number of aryl methyl sites for hydroxylation is 1. The molecule has 2 rings (SSSR count). The largest absolute Gasteiger partial charge is 0.397 e. The molecule has 0 saturated carbocycles. The monoisotopic (exact) mass is 241 g/mol. The molecule has 2 N–H and O–H groups in total. The molecule has 3 nitrogen and oxygen atoms in total. The molecule has 2 aromatic rings. The number of anilines is 2. The van der Waals surface area contributed by atoms with Gasteiger partial charge in [0, 0.05) is 12.7 Å². The maximum atomic E-state index is 6.15. The molecular weight excluding hydrogens is 222 g/mol. The van der Waals surface area contributed by atoms with E-state index in [1.807, 2.05) is 43.5 Å². The number of rotatable bonds is 4. The number of para-hydroxylation sites is 1. The molecule has 0 aliphatic rings. The highest BCUT2D eigenvalue weighted by Crippen LogP contribution is 2.26. The van der Waals surface area contributed by atoms with Crippen molar-refractivity contribution in [3.8, 4) is 0 Å². The van der Waals surface area contributed by atoms with Crippen LogP contribution in [0.1, 0.15) is 18.2 Å². The molecule has 94 valence electrons. The molecule has 0 unspecified atom stereocenters. The number of pyridine rings is 1. The van der Waals surface area contributed by atoms with Crippen LogP contribution in [0.25, 0.3) is 0 Å². The van der Waals surface area contributed by atoms with Crippen LogP contribution in [-0.2, 0) is 6.54 Å².